The van der Waals surface area contributed by atoms with Crippen molar-refractivity contribution in [3.63, 3.8) is 0 Å². The molecule has 0 amide bonds. The molecule has 1 saturated heterocycles. The molecule has 126 valence electrons. The summed E-state index contributed by atoms with van der Waals surface area (Å²) in [6.45, 7) is -0.786. The molecule has 5 atom stereocenters. The van der Waals surface area contributed by atoms with Gasteiger partial charge in [0.2, 0.25) is 0 Å². The van der Waals surface area contributed by atoms with E-state index >= 15 is 0 Å². The molecular formula is C7H17O12P2+. The predicted molar refractivity (Wildman–Crippen MR) is 64.1 cm³/mol. The molecular weight excluding hydrogens is 338 g/mol. The van der Waals surface area contributed by atoms with Gasteiger partial charge in [0.05, 0.1) is 6.61 Å². The largest absolute Gasteiger partial charge is 0.567 e. The van der Waals surface area contributed by atoms with Gasteiger partial charge in [-0.15, -0.1) is 4.52 Å². The van der Waals surface area contributed by atoms with Gasteiger partial charge in [-0.1, -0.05) is 0 Å². The van der Waals surface area contributed by atoms with Crippen LogP contribution in [-0.4, -0.2) is 79.1 Å². The number of phosphoric ester groups is 1. The van der Waals surface area contributed by atoms with Gasteiger partial charge in [0.1, 0.15) is 18.3 Å². The fourth-order valence-electron chi connectivity index (χ4n) is 1.80. The quantitative estimate of drug-likeness (QED) is 0.243. The minimum atomic E-state index is -5.05. The number of phosphoric acid groups is 1. The third-order valence-electron chi connectivity index (χ3n) is 2.55. The van der Waals surface area contributed by atoms with Gasteiger partial charge in [-0.3, -0.25) is 4.52 Å². The first-order chi connectivity index (χ1) is 9.48. The molecule has 0 aromatic carbocycles. The van der Waals surface area contributed by atoms with Gasteiger partial charge < -0.3 is 29.5 Å². The Hall–Kier alpha value is 0.220. The van der Waals surface area contributed by atoms with Crippen LogP contribution in [0.2, 0.25) is 0 Å². The highest BCUT2D eigenvalue weighted by atomic mass is 31.2. The Kier molecular flexibility index (Phi) is 6.60. The van der Waals surface area contributed by atoms with Crippen molar-refractivity contribution in [2.75, 3.05) is 13.7 Å². The van der Waals surface area contributed by atoms with Crippen LogP contribution in [0, 0.1) is 0 Å². The molecule has 1 aliphatic heterocycles. The normalized spacial score (nSPS) is 35.0. The fourth-order valence-corrected chi connectivity index (χ4v) is 2.92. The molecule has 12 nitrogen and oxygen atoms in total. The Bertz CT molecular complexity index is 378. The zero-order valence-electron chi connectivity index (χ0n) is 10.7. The molecule has 1 rings (SSSR count). The monoisotopic (exact) mass is 355 g/mol. The molecule has 0 bridgehead atoms. The standard InChI is InChI=1S/C7H16O12P2/c1-16-7-6(19-21(13,14)15)4(9)5(3(2-8)17-7)18-20(10,11)12/h3-9,13-15H,2H2,1H3,(H-,10,11,12)/p+1/t3?,4?,5-,6-,7+/m1/s1. The van der Waals surface area contributed by atoms with E-state index in [0.717, 1.165) is 7.11 Å². The minimum absolute atomic E-state index is 0.786. The third kappa shape index (κ3) is 5.73. The second-order valence-corrected chi connectivity index (χ2v) is 6.53. The topological polar surface area (TPSA) is 196 Å². The van der Waals surface area contributed by atoms with Crippen LogP contribution in [0.4, 0.5) is 0 Å². The van der Waals surface area contributed by atoms with E-state index in [1.165, 1.54) is 0 Å². The lowest BCUT2D eigenvalue weighted by Crippen LogP contribution is -2.60. The van der Waals surface area contributed by atoms with Crippen molar-refractivity contribution in [2.45, 2.75) is 30.7 Å². The first-order valence-corrected chi connectivity index (χ1v) is 8.55. The van der Waals surface area contributed by atoms with E-state index in [1.54, 1.807) is 0 Å². The van der Waals surface area contributed by atoms with Gasteiger partial charge in [-0.25, -0.2) is 4.57 Å². The van der Waals surface area contributed by atoms with E-state index < -0.39 is 53.3 Å². The van der Waals surface area contributed by atoms with Crippen LogP contribution in [0.5, 0.6) is 0 Å². The lowest BCUT2D eigenvalue weighted by molar-refractivity contribution is -0.288. The first kappa shape index (κ1) is 19.3. The lowest BCUT2D eigenvalue weighted by atomic mass is 9.99. The Morgan fingerprint density at radius 3 is 2.19 bits per heavy atom. The van der Waals surface area contributed by atoms with Gasteiger partial charge in [-0.2, -0.15) is 14.7 Å². The van der Waals surface area contributed by atoms with Crippen molar-refractivity contribution in [2.24, 2.45) is 0 Å². The van der Waals surface area contributed by atoms with Gasteiger partial charge in [0.15, 0.2) is 12.4 Å². The molecule has 0 aliphatic carbocycles. The first-order valence-electron chi connectivity index (χ1n) is 5.45. The van der Waals surface area contributed by atoms with Gasteiger partial charge in [0.25, 0.3) is 0 Å². The Morgan fingerprint density at radius 2 is 1.81 bits per heavy atom. The van der Waals surface area contributed by atoms with Crippen molar-refractivity contribution in [3.8, 4) is 0 Å². The van der Waals surface area contributed by atoms with Gasteiger partial charge in [-0.05, 0) is 0 Å². The summed E-state index contributed by atoms with van der Waals surface area (Å²) in [7, 11) is -8.77. The van der Waals surface area contributed by atoms with Gasteiger partial charge in [0, 0.05) is 7.11 Å². The summed E-state index contributed by atoms with van der Waals surface area (Å²) in [5.74, 6) is 0. The lowest BCUT2D eigenvalue weighted by Gasteiger charge is -2.41. The highest BCUT2D eigenvalue weighted by Crippen LogP contribution is 2.50. The van der Waals surface area contributed by atoms with Crippen LogP contribution in [0.25, 0.3) is 0 Å². The summed E-state index contributed by atoms with van der Waals surface area (Å²) in [6.07, 6.45) is -8.25. The van der Waals surface area contributed by atoms with Crippen molar-refractivity contribution in [1.29, 1.82) is 0 Å². The van der Waals surface area contributed by atoms with Crippen molar-refractivity contribution in [1.82, 2.24) is 0 Å². The molecule has 14 heteroatoms. The van der Waals surface area contributed by atoms with Crippen molar-refractivity contribution < 1.29 is 57.8 Å². The Morgan fingerprint density at radius 1 is 1.24 bits per heavy atom. The second-order valence-electron chi connectivity index (χ2n) is 4.10. The molecule has 0 radical (unpaired) electrons. The minimum Gasteiger partial charge on any atom is -0.394 e. The zero-order valence-corrected chi connectivity index (χ0v) is 12.4. The molecule has 7 N–H and O–H groups in total. The number of aliphatic hydroxyl groups is 2. The van der Waals surface area contributed by atoms with E-state index in [4.69, 9.17) is 39.0 Å². The van der Waals surface area contributed by atoms with E-state index in [9.17, 15) is 9.67 Å². The highest BCUT2D eigenvalue weighted by molar-refractivity contribution is 7.53. The van der Waals surface area contributed by atoms with Crippen LogP contribution < -0.4 is 0 Å². The number of hydrogen-bond donors (Lipinski definition) is 7. The third-order valence-corrected chi connectivity index (χ3v) is 3.60. The van der Waals surface area contributed by atoms with Crippen LogP contribution in [0.1, 0.15) is 0 Å². The van der Waals surface area contributed by atoms with E-state index in [-0.39, 0.29) is 0 Å². The fraction of sp³-hybridized carbons (Fsp3) is 1.00. The van der Waals surface area contributed by atoms with Crippen LogP contribution in [-0.2, 0) is 23.1 Å². The second kappa shape index (κ2) is 7.20. The van der Waals surface area contributed by atoms with E-state index in [1.807, 2.05) is 0 Å². The molecule has 1 fully saturated rings. The summed E-state index contributed by atoms with van der Waals surface area (Å²) >= 11 is 0. The Labute approximate surface area is 119 Å². The number of ether oxygens (including phenoxy) is 2. The number of hydrogen-bond acceptors (Lipinski definition) is 10. The molecule has 21 heavy (non-hydrogen) atoms. The van der Waals surface area contributed by atoms with E-state index in [0.29, 0.717) is 0 Å². The van der Waals surface area contributed by atoms with Gasteiger partial charge >= 0.3 is 16.0 Å². The number of aliphatic hydroxyl groups excluding tert-OH is 2. The summed E-state index contributed by atoms with van der Waals surface area (Å²) in [5.41, 5.74) is 0. The van der Waals surface area contributed by atoms with Crippen LogP contribution >= 0.6 is 16.0 Å². The van der Waals surface area contributed by atoms with Crippen molar-refractivity contribution >= 4 is 16.0 Å². The Balaban J connectivity index is 2.99. The molecule has 0 aromatic rings. The summed E-state index contributed by atoms with van der Waals surface area (Å²) in [5, 5.41) is 19.1. The smallest absolute Gasteiger partial charge is 0.394 e. The molecule has 1 heterocycles. The predicted octanol–water partition coefficient (Wildman–Crippen LogP) is -2.77. The summed E-state index contributed by atoms with van der Waals surface area (Å²) < 4.78 is 29.3. The van der Waals surface area contributed by atoms with E-state index in [2.05, 4.69) is 9.05 Å². The molecule has 0 spiro atoms. The SMILES string of the molecule is CO[C@H]1OC(CO)[C@@H](OP(=O)(O)O)C(O)[C@H]1O[P+](O)(O)O. The molecule has 1 aliphatic rings. The maximum absolute atomic E-state index is 10.9. The number of methoxy groups -OCH3 is 1. The molecule has 0 saturated carbocycles. The van der Waals surface area contributed by atoms with Crippen LogP contribution in [0.15, 0.2) is 0 Å². The molecule has 2 unspecified atom stereocenters. The highest BCUT2D eigenvalue weighted by Gasteiger charge is 2.54. The average molecular weight is 355 g/mol. The maximum Gasteiger partial charge on any atom is 0.567 e. The average Bonchev–Trinajstić information content (AvgIpc) is 2.31. The summed E-state index contributed by atoms with van der Waals surface area (Å²) in [4.78, 5) is 44.2. The number of rotatable bonds is 6. The maximum atomic E-state index is 10.9. The van der Waals surface area contributed by atoms with Crippen LogP contribution in [0.3, 0.4) is 0 Å². The van der Waals surface area contributed by atoms with Crippen molar-refractivity contribution in [3.05, 3.63) is 0 Å². The zero-order chi connectivity index (χ0) is 16.4. The summed E-state index contributed by atoms with van der Waals surface area (Å²) in [6, 6.07) is 0. The molecule has 0 aromatic heterocycles.